The first kappa shape index (κ1) is 32.7. The molecule has 0 aliphatic rings. The molecule has 2 amide bonds. The molecule has 0 aromatic heterocycles. The first-order valence-electron chi connectivity index (χ1n) is 12.8. The Morgan fingerprint density at radius 1 is 1.00 bits per heavy atom. The smallest absolute Gasteiger partial charge is 0.416 e. The minimum Gasteiger partial charge on any atom is -0.497 e. The van der Waals surface area contributed by atoms with Crippen LogP contribution in [0.4, 0.5) is 18.9 Å². The van der Waals surface area contributed by atoms with Crippen molar-refractivity contribution in [3.8, 4) is 5.75 Å². The van der Waals surface area contributed by atoms with Gasteiger partial charge in [0.15, 0.2) is 0 Å². The standard InChI is InChI=1S/C29H31ClF3N3O5S/c1-4-34-28(38)26(16-20-9-6-5-7-10-20)35(18-21-11-8-12-23(15-21)41-2)27(37)19-36(42(3,39)40)25-17-22(29(31,32)33)13-14-24(25)30/h5-15,17,26H,4,16,18-19H2,1-3H3,(H,34,38). The molecule has 0 aliphatic carbocycles. The van der Waals surface area contributed by atoms with Crippen molar-refractivity contribution in [3.05, 3.63) is 94.5 Å². The van der Waals surface area contributed by atoms with Gasteiger partial charge in [0.05, 0.1) is 29.6 Å². The Labute approximate surface area is 248 Å². The van der Waals surface area contributed by atoms with Gasteiger partial charge in [-0.1, -0.05) is 54.1 Å². The Kier molecular flexibility index (Phi) is 10.9. The van der Waals surface area contributed by atoms with Crippen LogP contribution in [0.5, 0.6) is 5.75 Å². The fraction of sp³-hybridized carbons (Fsp3) is 0.310. The van der Waals surface area contributed by atoms with Gasteiger partial charge in [0.2, 0.25) is 21.8 Å². The number of hydrogen-bond acceptors (Lipinski definition) is 5. The van der Waals surface area contributed by atoms with Crippen molar-refractivity contribution in [2.75, 3.05) is 30.8 Å². The zero-order valence-electron chi connectivity index (χ0n) is 23.2. The Morgan fingerprint density at radius 2 is 1.67 bits per heavy atom. The topological polar surface area (TPSA) is 96.0 Å². The van der Waals surface area contributed by atoms with Gasteiger partial charge in [-0.25, -0.2) is 8.42 Å². The van der Waals surface area contributed by atoms with Crippen LogP contribution in [0.1, 0.15) is 23.6 Å². The molecule has 0 saturated carbocycles. The zero-order chi connectivity index (χ0) is 31.1. The van der Waals surface area contributed by atoms with Gasteiger partial charge in [0, 0.05) is 19.5 Å². The van der Waals surface area contributed by atoms with Crippen LogP contribution in [-0.2, 0) is 38.8 Å². The molecule has 0 heterocycles. The van der Waals surface area contributed by atoms with E-state index in [2.05, 4.69) is 5.32 Å². The molecule has 42 heavy (non-hydrogen) atoms. The normalized spacial score (nSPS) is 12.4. The van der Waals surface area contributed by atoms with Crippen LogP contribution in [0.25, 0.3) is 0 Å². The maximum absolute atomic E-state index is 14.0. The number of carbonyl (C=O) groups excluding carboxylic acids is 2. The average Bonchev–Trinajstić information content (AvgIpc) is 2.93. The lowest BCUT2D eigenvalue weighted by Gasteiger charge is -2.33. The Hall–Kier alpha value is -3.77. The number of methoxy groups -OCH3 is 1. The summed E-state index contributed by atoms with van der Waals surface area (Å²) in [6, 6.07) is 16.8. The fourth-order valence-corrected chi connectivity index (χ4v) is 5.41. The van der Waals surface area contributed by atoms with Crippen molar-refractivity contribution in [2.24, 2.45) is 0 Å². The van der Waals surface area contributed by atoms with Crippen molar-refractivity contribution >= 4 is 39.1 Å². The lowest BCUT2D eigenvalue weighted by Crippen LogP contribution is -2.53. The predicted octanol–water partition coefficient (Wildman–Crippen LogP) is 4.91. The fourth-order valence-electron chi connectivity index (χ4n) is 4.29. The van der Waals surface area contributed by atoms with Crippen LogP contribution >= 0.6 is 11.6 Å². The van der Waals surface area contributed by atoms with Crippen LogP contribution in [-0.4, -0.2) is 57.6 Å². The molecule has 1 unspecified atom stereocenters. The zero-order valence-corrected chi connectivity index (χ0v) is 24.8. The highest BCUT2D eigenvalue weighted by atomic mass is 35.5. The number of sulfonamides is 1. The van der Waals surface area contributed by atoms with Gasteiger partial charge < -0.3 is 15.0 Å². The molecule has 0 spiro atoms. The Balaban J connectivity index is 2.11. The molecule has 0 radical (unpaired) electrons. The minimum absolute atomic E-state index is 0.0889. The van der Waals surface area contributed by atoms with E-state index in [4.69, 9.17) is 16.3 Å². The quantitative estimate of drug-likeness (QED) is 0.309. The summed E-state index contributed by atoms with van der Waals surface area (Å²) in [6.45, 7) is 0.945. The summed E-state index contributed by atoms with van der Waals surface area (Å²) < 4.78 is 72.0. The van der Waals surface area contributed by atoms with Gasteiger partial charge in [-0.3, -0.25) is 13.9 Å². The number of amides is 2. The number of anilines is 1. The number of benzene rings is 3. The van der Waals surface area contributed by atoms with Crippen molar-refractivity contribution in [3.63, 3.8) is 0 Å². The van der Waals surface area contributed by atoms with E-state index in [-0.39, 0.29) is 24.5 Å². The van der Waals surface area contributed by atoms with E-state index in [0.29, 0.717) is 27.8 Å². The second-order valence-electron chi connectivity index (χ2n) is 9.41. The molecule has 1 atom stereocenters. The number of likely N-dealkylation sites (N-methyl/N-ethyl adjacent to an activating group) is 1. The van der Waals surface area contributed by atoms with Gasteiger partial charge in [0.25, 0.3) is 0 Å². The number of alkyl halides is 3. The number of nitrogens with one attached hydrogen (secondary N) is 1. The van der Waals surface area contributed by atoms with Crippen LogP contribution in [0.3, 0.4) is 0 Å². The lowest BCUT2D eigenvalue weighted by atomic mass is 10.0. The number of hydrogen-bond donors (Lipinski definition) is 1. The van der Waals surface area contributed by atoms with E-state index in [1.54, 1.807) is 61.5 Å². The number of rotatable bonds is 12. The predicted molar refractivity (Wildman–Crippen MR) is 155 cm³/mol. The van der Waals surface area contributed by atoms with E-state index in [1.807, 2.05) is 0 Å². The average molecular weight is 626 g/mol. The first-order chi connectivity index (χ1) is 19.7. The SMILES string of the molecule is CCNC(=O)C(Cc1ccccc1)N(Cc1cccc(OC)c1)C(=O)CN(c1cc(C(F)(F)F)ccc1Cl)S(C)(=O)=O. The van der Waals surface area contributed by atoms with Crippen molar-refractivity contribution < 1.29 is 35.9 Å². The number of halogens is 4. The molecular weight excluding hydrogens is 595 g/mol. The molecule has 3 aromatic carbocycles. The second-order valence-corrected chi connectivity index (χ2v) is 11.7. The molecule has 13 heteroatoms. The van der Waals surface area contributed by atoms with E-state index in [9.17, 15) is 31.2 Å². The molecule has 226 valence electrons. The Morgan fingerprint density at radius 3 is 2.26 bits per heavy atom. The number of nitrogens with zero attached hydrogens (tertiary/aromatic N) is 2. The third-order valence-corrected chi connectivity index (χ3v) is 7.78. The van der Waals surface area contributed by atoms with Crippen molar-refractivity contribution in [1.29, 1.82) is 0 Å². The van der Waals surface area contributed by atoms with Crippen LogP contribution in [0, 0.1) is 0 Å². The van der Waals surface area contributed by atoms with Gasteiger partial charge in [0.1, 0.15) is 18.3 Å². The number of ether oxygens (including phenoxy) is 1. The summed E-state index contributed by atoms with van der Waals surface area (Å²) in [5.74, 6) is -0.824. The molecule has 0 fully saturated rings. The molecular formula is C29H31ClF3N3O5S. The summed E-state index contributed by atoms with van der Waals surface area (Å²) in [6.07, 6.45) is -3.94. The first-order valence-corrected chi connectivity index (χ1v) is 15.1. The van der Waals surface area contributed by atoms with Gasteiger partial charge >= 0.3 is 6.18 Å². The van der Waals surface area contributed by atoms with Crippen LogP contribution in [0.15, 0.2) is 72.8 Å². The van der Waals surface area contributed by atoms with Crippen molar-refractivity contribution in [2.45, 2.75) is 32.1 Å². The summed E-state index contributed by atoms with van der Waals surface area (Å²) in [7, 11) is -2.85. The number of carbonyl (C=O) groups is 2. The lowest BCUT2D eigenvalue weighted by molar-refractivity contribution is -0.140. The molecule has 0 saturated heterocycles. The third kappa shape index (κ3) is 8.62. The highest BCUT2D eigenvalue weighted by Gasteiger charge is 2.35. The van der Waals surface area contributed by atoms with E-state index in [0.717, 1.165) is 17.9 Å². The van der Waals surface area contributed by atoms with Crippen LogP contribution < -0.4 is 14.4 Å². The van der Waals surface area contributed by atoms with Gasteiger partial charge in [-0.05, 0) is 48.4 Å². The summed E-state index contributed by atoms with van der Waals surface area (Å²) in [5.41, 5.74) is -0.340. The van der Waals surface area contributed by atoms with E-state index in [1.165, 1.54) is 12.0 Å². The third-order valence-electron chi connectivity index (χ3n) is 6.33. The van der Waals surface area contributed by atoms with Crippen LogP contribution in [0.2, 0.25) is 5.02 Å². The summed E-state index contributed by atoms with van der Waals surface area (Å²) >= 11 is 6.16. The summed E-state index contributed by atoms with van der Waals surface area (Å²) in [4.78, 5) is 28.6. The summed E-state index contributed by atoms with van der Waals surface area (Å²) in [5, 5.41) is 2.42. The molecule has 3 rings (SSSR count). The highest BCUT2D eigenvalue weighted by molar-refractivity contribution is 7.92. The van der Waals surface area contributed by atoms with Crippen molar-refractivity contribution in [1.82, 2.24) is 10.2 Å². The highest BCUT2D eigenvalue weighted by Crippen LogP contribution is 2.36. The van der Waals surface area contributed by atoms with E-state index < -0.39 is 51.9 Å². The minimum atomic E-state index is -4.79. The van der Waals surface area contributed by atoms with Gasteiger partial charge in [-0.15, -0.1) is 0 Å². The maximum atomic E-state index is 14.0. The molecule has 8 nitrogen and oxygen atoms in total. The molecule has 0 bridgehead atoms. The van der Waals surface area contributed by atoms with Gasteiger partial charge in [-0.2, -0.15) is 13.2 Å². The molecule has 3 aromatic rings. The van der Waals surface area contributed by atoms with E-state index >= 15 is 0 Å². The maximum Gasteiger partial charge on any atom is 0.416 e. The molecule has 0 aliphatic heterocycles. The molecule has 1 N–H and O–H groups in total. The Bertz CT molecular complexity index is 1500. The largest absolute Gasteiger partial charge is 0.497 e. The monoisotopic (exact) mass is 625 g/mol. The second kappa shape index (κ2) is 13.9.